The highest BCUT2D eigenvalue weighted by molar-refractivity contribution is 6.03. The standard InChI is InChI=1S/C17H22N2O/c1-17(2,13-18)10-5-6-11-19-12-9-16(20)14-7-3-4-8-15(14)19/h3-4,7-8H,5-6,9-12H2,1-2H3. The number of benzene rings is 1. The fourth-order valence-electron chi connectivity index (χ4n) is 2.63. The molecule has 1 aromatic carbocycles. The van der Waals surface area contributed by atoms with Crippen molar-refractivity contribution in [3.05, 3.63) is 29.8 Å². The predicted octanol–water partition coefficient (Wildman–Crippen LogP) is 3.80. The van der Waals surface area contributed by atoms with Gasteiger partial charge in [-0.3, -0.25) is 4.79 Å². The number of ketones is 1. The molecular formula is C17H22N2O. The summed E-state index contributed by atoms with van der Waals surface area (Å²) in [5, 5.41) is 9.00. The van der Waals surface area contributed by atoms with Crippen LogP contribution in [0.2, 0.25) is 0 Å². The van der Waals surface area contributed by atoms with Gasteiger partial charge in [-0.25, -0.2) is 0 Å². The first-order valence-electron chi connectivity index (χ1n) is 7.32. The number of hydrogen-bond donors (Lipinski definition) is 0. The molecule has 0 spiro atoms. The lowest BCUT2D eigenvalue weighted by atomic mass is 9.89. The van der Waals surface area contributed by atoms with Crippen molar-refractivity contribution < 1.29 is 4.79 Å². The summed E-state index contributed by atoms with van der Waals surface area (Å²) in [6.45, 7) is 5.76. The second-order valence-electron chi connectivity index (χ2n) is 6.13. The monoisotopic (exact) mass is 270 g/mol. The minimum Gasteiger partial charge on any atom is -0.370 e. The average molecular weight is 270 g/mol. The molecule has 0 amide bonds. The average Bonchev–Trinajstić information content (AvgIpc) is 2.46. The second kappa shape index (κ2) is 6.09. The van der Waals surface area contributed by atoms with E-state index in [0.717, 1.165) is 43.6 Å². The summed E-state index contributed by atoms with van der Waals surface area (Å²) in [5.74, 6) is 0.252. The molecule has 3 nitrogen and oxygen atoms in total. The predicted molar refractivity (Wildman–Crippen MR) is 80.8 cm³/mol. The van der Waals surface area contributed by atoms with Gasteiger partial charge in [0.15, 0.2) is 5.78 Å². The molecule has 0 N–H and O–H groups in total. The van der Waals surface area contributed by atoms with Crippen LogP contribution in [0.5, 0.6) is 0 Å². The highest BCUT2D eigenvalue weighted by Crippen LogP contribution is 2.27. The van der Waals surface area contributed by atoms with Gasteiger partial charge < -0.3 is 4.90 Å². The van der Waals surface area contributed by atoms with Gasteiger partial charge in [0.05, 0.1) is 11.5 Å². The molecule has 2 rings (SSSR count). The molecule has 0 saturated heterocycles. The van der Waals surface area contributed by atoms with Gasteiger partial charge in [0.25, 0.3) is 0 Å². The lowest BCUT2D eigenvalue weighted by molar-refractivity contribution is 0.0980. The molecule has 1 heterocycles. The molecule has 0 unspecified atom stereocenters. The maximum Gasteiger partial charge on any atom is 0.166 e. The summed E-state index contributed by atoms with van der Waals surface area (Å²) < 4.78 is 0. The van der Waals surface area contributed by atoms with Crippen molar-refractivity contribution in [2.75, 3.05) is 18.0 Å². The van der Waals surface area contributed by atoms with Crippen LogP contribution >= 0.6 is 0 Å². The largest absolute Gasteiger partial charge is 0.370 e. The van der Waals surface area contributed by atoms with E-state index in [1.54, 1.807) is 0 Å². The molecule has 0 radical (unpaired) electrons. The van der Waals surface area contributed by atoms with Gasteiger partial charge in [-0.1, -0.05) is 18.6 Å². The summed E-state index contributed by atoms with van der Waals surface area (Å²) in [5.41, 5.74) is 1.70. The summed E-state index contributed by atoms with van der Waals surface area (Å²) in [4.78, 5) is 14.2. The maximum absolute atomic E-state index is 11.9. The van der Waals surface area contributed by atoms with Crippen molar-refractivity contribution in [1.29, 1.82) is 5.26 Å². The molecule has 0 aliphatic carbocycles. The molecule has 0 fully saturated rings. The normalized spacial score (nSPS) is 14.8. The maximum atomic E-state index is 11.9. The number of fused-ring (bicyclic) bond motifs is 1. The van der Waals surface area contributed by atoms with Crippen molar-refractivity contribution in [2.24, 2.45) is 5.41 Å². The Labute approximate surface area is 121 Å². The zero-order chi connectivity index (χ0) is 14.6. The Morgan fingerprint density at radius 2 is 2.05 bits per heavy atom. The fourth-order valence-corrected chi connectivity index (χ4v) is 2.63. The van der Waals surface area contributed by atoms with E-state index in [0.29, 0.717) is 6.42 Å². The van der Waals surface area contributed by atoms with Gasteiger partial charge in [0, 0.05) is 30.8 Å². The van der Waals surface area contributed by atoms with E-state index >= 15 is 0 Å². The lowest BCUT2D eigenvalue weighted by Crippen LogP contribution is -2.32. The van der Waals surface area contributed by atoms with Gasteiger partial charge in [0.1, 0.15) is 0 Å². The van der Waals surface area contributed by atoms with Gasteiger partial charge in [0.2, 0.25) is 0 Å². The Bertz CT molecular complexity index is 528. The van der Waals surface area contributed by atoms with Crippen molar-refractivity contribution >= 4 is 11.5 Å². The third-order valence-electron chi connectivity index (χ3n) is 3.94. The molecule has 0 aromatic heterocycles. The van der Waals surface area contributed by atoms with Gasteiger partial charge in [-0.2, -0.15) is 5.26 Å². The van der Waals surface area contributed by atoms with Crippen LogP contribution in [-0.2, 0) is 0 Å². The van der Waals surface area contributed by atoms with Gasteiger partial charge >= 0.3 is 0 Å². The molecule has 106 valence electrons. The van der Waals surface area contributed by atoms with Gasteiger partial charge in [-0.15, -0.1) is 0 Å². The number of carbonyl (C=O) groups is 1. The number of hydrogen-bond acceptors (Lipinski definition) is 3. The molecule has 1 aromatic rings. The highest BCUT2D eigenvalue weighted by Gasteiger charge is 2.22. The lowest BCUT2D eigenvalue weighted by Gasteiger charge is -2.30. The zero-order valence-electron chi connectivity index (χ0n) is 12.4. The van der Waals surface area contributed by atoms with Crippen molar-refractivity contribution in [1.82, 2.24) is 0 Å². The zero-order valence-corrected chi connectivity index (χ0v) is 12.4. The SMILES string of the molecule is CC(C)(C#N)CCCCN1CCC(=O)c2ccccc21. The number of para-hydroxylation sites is 1. The van der Waals surface area contributed by atoms with Crippen molar-refractivity contribution in [3.8, 4) is 6.07 Å². The Morgan fingerprint density at radius 3 is 2.80 bits per heavy atom. The summed E-state index contributed by atoms with van der Waals surface area (Å²) in [6.07, 6.45) is 3.65. The van der Waals surface area contributed by atoms with E-state index < -0.39 is 0 Å². The van der Waals surface area contributed by atoms with Crippen LogP contribution in [0, 0.1) is 16.7 Å². The van der Waals surface area contributed by atoms with Crippen molar-refractivity contribution in [3.63, 3.8) is 0 Å². The first-order valence-corrected chi connectivity index (χ1v) is 7.32. The van der Waals surface area contributed by atoms with E-state index in [4.69, 9.17) is 5.26 Å². The van der Waals surface area contributed by atoms with Crippen LogP contribution in [0.15, 0.2) is 24.3 Å². The first kappa shape index (κ1) is 14.6. The first-order chi connectivity index (χ1) is 9.53. The highest BCUT2D eigenvalue weighted by atomic mass is 16.1. The molecule has 1 aliphatic rings. The van der Waals surface area contributed by atoms with E-state index in [-0.39, 0.29) is 11.2 Å². The summed E-state index contributed by atoms with van der Waals surface area (Å²) >= 11 is 0. The summed E-state index contributed by atoms with van der Waals surface area (Å²) in [6, 6.07) is 10.2. The molecule has 1 aliphatic heterocycles. The molecule has 0 saturated carbocycles. The Kier molecular flexibility index (Phi) is 4.44. The molecule has 0 bridgehead atoms. The van der Waals surface area contributed by atoms with Crippen LogP contribution in [-0.4, -0.2) is 18.9 Å². The summed E-state index contributed by atoms with van der Waals surface area (Å²) in [7, 11) is 0. The number of nitrogens with zero attached hydrogens (tertiary/aromatic N) is 2. The second-order valence-corrected chi connectivity index (χ2v) is 6.13. The van der Waals surface area contributed by atoms with Crippen LogP contribution in [0.3, 0.4) is 0 Å². The Balaban J connectivity index is 1.91. The number of unbranched alkanes of at least 4 members (excludes halogenated alkanes) is 1. The van der Waals surface area contributed by atoms with Crippen LogP contribution in [0.4, 0.5) is 5.69 Å². The number of rotatable bonds is 5. The van der Waals surface area contributed by atoms with E-state index in [9.17, 15) is 4.79 Å². The molecular weight excluding hydrogens is 248 g/mol. The van der Waals surface area contributed by atoms with Crippen LogP contribution in [0.1, 0.15) is 49.9 Å². The minimum absolute atomic E-state index is 0.226. The molecule has 20 heavy (non-hydrogen) atoms. The topological polar surface area (TPSA) is 44.1 Å². The fraction of sp³-hybridized carbons (Fsp3) is 0.529. The number of Topliss-reactive ketones (excluding diaryl/α,β-unsaturated/α-hetero) is 1. The van der Waals surface area contributed by atoms with Crippen molar-refractivity contribution in [2.45, 2.75) is 39.5 Å². The van der Waals surface area contributed by atoms with Gasteiger partial charge in [-0.05, 0) is 38.8 Å². The third-order valence-corrected chi connectivity index (χ3v) is 3.94. The number of anilines is 1. The third kappa shape index (κ3) is 3.39. The molecule has 3 heteroatoms. The number of carbonyl (C=O) groups excluding carboxylic acids is 1. The van der Waals surface area contributed by atoms with Crippen LogP contribution < -0.4 is 4.90 Å². The van der Waals surface area contributed by atoms with E-state index in [1.807, 2.05) is 38.1 Å². The van der Waals surface area contributed by atoms with E-state index in [1.165, 1.54) is 0 Å². The molecule has 0 atom stereocenters. The van der Waals surface area contributed by atoms with Crippen LogP contribution in [0.25, 0.3) is 0 Å². The quantitative estimate of drug-likeness (QED) is 0.764. The smallest absolute Gasteiger partial charge is 0.166 e. The Morgan fingerprint density at radius 1 is 1.30 bits per heavy atom. The number of nitriles is 1. The van der Waals surface area contributed by atoms with E-state index in [2.05, 4.69) is 11.0 Å². The Hall–Kier alpha value is -1.82. The minimum atomic E-state index is -0.226.